The maximum absolute atomic E-state index is 5.44. The van der Waals surface area contributed by atoms with Gasteiger partial charge in [0.1, 0.15) is 0 Å². The van der Waals surface area contributed by atoms with Gasteiger partial charge in [0.15, 0.2) is 0 Å². The summed E-state index contributed by atoms with van der Waals surface area (Å²) in [5, 5.41) is 8.13. The molecule has 18 heavy (non-hydrogen) atoms. The van der Waals surface area contributed by atoms with Gasteiger partial charge in [0, 0.05) is 12.3 Å². The number of pyridine rings is 1. The van der Waals surface area contributed by atoms with Crippen molar-refractivity contribution < 1.29 is 9.47 Å². The molecule has 94 valence electrons. The number of aromatic nitrogens is 3. The zero-order valence-corrected chi connectivity index (χ0v) is 10.6. The lowest BCUT2D eigenvalue weighted by molar-refractivity contribution is 0.230. The second kappa shape index (κ2) is 5.44. The van der Waals surface area contributed by atoms with Crippen LogP contribution in [0, 0.1) is 0 Å². The monoisotopic (exact) mass is 245 g/mol. The molecule has 0 aliphatic carbocycles. The molecule has 2 heterocycles. The highest BCUT2D eigenvalue weighted by Crippen LogP contribution is 2.25. The molecule has 0 bridgehead atoms. The molecule has 0 aliphatic rings. The zero-order valence-electron chi connectivity index (χ0n) is 10.6. The summed E-state index contributed by atoms with van der Waals surface area (Å²) < 4.78 is 10.6. The van der Waals surface area contributed by atoms with E-state index in [1.807, 2.05) is 32.0 Å². The highest BCUT2D eigenvalue weighted by atomic mass is 16.5. The summed E-state index contributed by atoms with van der Waals surface area (Å²) in [5.41, 5.74) is 1.51. The quantitative estimate of drug-likeness (QED) is 0.827. The summed E-state index contributed by atoms with van der Waals surface area (Å²) in [4.78, 5) is 4.12. The topological polar surface area (TPSA) is 57.1 Å². The number of hydrogen-bond donors (Lipinski definition) is 0. The van der Waals surface area contributed by atoms with Crippen molar-refractivity contribution in [1.29, 1.82) is 0 Å². The van der Waals surface area contributed by atoms with Gasteiger partial charge in [0.2, 0.25) is 11.8 Å². The van der Waals surface area contributed by atoms with Gasteiger partial charge in [-0.05, 0) is 32.0 Å². The molecule has 5 heteroatoms. The summed E-state index contributed by atoms with van der Waals surface area (Å²) in [6, 6.07) is 7.34. The molecule has 0 atom stereocenters. The molecule has 0 fully saturated rings. The molecule has 2 rings (SSSR count). The molecular formula is C13H15N3O2. The lowest BCUT2D eigenvalue weighted by Crippen LogP contribution is -2.07. The highest BCUT2D eigenvalue weighted by molar-refractivity contribution is 5.64. The largest absolute Gasteiger partial charge is 0.481 e. The Balaban J connectivity index is 2.28. The third-order valence-electron chi connectivity index (χ3n) is 2.24. The van der Waals surface area contributed by atoms with Gasteiger partial charge in [-0.15, -0.1) is 10.2 Å². The number of nitrogens with zero attached hydrogens (tertiary/aromatic N) is 3. The summed E-state index contributed by atoms with van der Waals surface area (Å²) in [7, 11) is 1.58. The van der Waals surface area contributed by atoms with Crippen molar-refractivity contribution in [3.63, 3.8) is 0 Å². The number of methoxy groups -OCH3 is 1. The summed E-state index contributed by atoms with van der Waals surface area (Å²) >= 11 is 0. The molecule has 0 spiro atoms. The lowest BCUT2D eigenvalue weighted by Gasteiger charge is -2.09. The van der Waals surface area contributed by atoms with Crippen molar-refractivity contribution in [1.82, 2.24) is 15.2 Å². The molecule has 2 aromatic heterocycles. The second-order valence-electron chi connectivity index (χ2n) is 3.98. The van der Waals surface area contributed by atoms with Crippen LogP contribution in [0.4, 0.5) is 0 Å². The SMILES string of the molecule is COc1ncccc1-c1ccc(OC(C)C)nn1. The second-order valence-corrected chi connectivity index (χ2v) is 3.98. The van der Waals surface area contributed by atoms with Crippen molar-refractivity contribution in [3.05, 3.63) is 30.5 Å². The fourth-order valence-corrected chi connectivity index (χ4v) is 1.52. The van der Waals surface area contributed by atoms with E-state index in [0.29, 0.717) is 17.5 Å². The Hall–Kier alpha value is -2.17. The predicted molar refractivity (Wildman–Crippen MR) is 67.6 cm³/mol. The van der Waals surface area contributed by atoms with E-state index in [0.717, 1.165) is 5.56 Å². The van der Waals surface area contributed by atoms with Crippen LogP contribution >= 0.6 is 0 Å². The van der Waals surface area contributed by atoms with E-state index in [4.69, 9.17) is 9.47 Å². The first-order valence-corrected chi connectivity index (χ1v) is 5.70. The van der Waals surface area contributed by atoms with Crippen LogP contribution < -0.4 is 9.47 Å². The van der Waals surface area contributed by atoms with E-state index in [1.54, 1.807) is 19.4 Å². The average Bonchev–Trinajstić information content (AvgIpc) is 2.39. The van der Waals surface area contributed by atoms with E-state index in [1.165, 1.54) is 0 Å². The summed E-state index contributed by atoms with van der Waals surface area (Å²) in [6.45, 7) is 3.89. The maximum Gasteiger partial charge on any atom is 0.233 e. The van der Waals surface area contributed by atoms with Crippen LogP contribution in [0.5, 0.6) is 11.8 Å². The first kappa shape index (κ1) is 12.3. The van der Waals surface area contributed by atoms with Gasteiger partial charge in [-0.25, -0.2) is 4.98 Å². The van der Waals surface area contributed by atoms with Gasteiger partial charge < -0.3 is 9.47 Å². The van der Waals surface area contributed by atoms with Gasteiger partial charge in [-0.2, -0.15) is 0 Å². The zero-order chi connectivity index (χ0) is 13.0. The molecule has 0 unspecified atom stereocenters. The minimum atomic E-state index is 0.0816. The molecule has 0 saturated carbocycles. The standard InChI is InChI=1S/C13H15N3O2/c1-9(2)18-12-7-6-11(15-16-12)10-5-4-8-14-13(10)17-3/h4-9H,1-3H3. The molecule has 5 nitrogen and oxygen atoms in total. The fraction of sp³-hybridized carbons (Fsp3) is 0.308. The molecular weight excluding hydrogens is 230 g/mol. The van der Waals surface area contributed by atoms with Crippen molar-refractivity contribution in [3.8, 4) is 23.0 Å². The van der Waals surface area contributed by atoms with Crippen molar-refractivity contribution in [2.24, 2.45) is 0 Å². The summed E-state index contributed by atoms with van der Waals surface area (Å²) in [5.74, 6) is 1.04. The normalized spacial score (nSPS) is 10.4. The number of rotatable bonds is 4. The van der Waals surface area contributed by atoms with Crippen LogP contribution in [0.3, 0.4) is 0 Å². The minimum Gasteiger partial charge on any atom is -0.481 e. The Bertz CT molecular complexity index is 512. The molecule has 0 radical (unpaired) electrons. The average molecular weight is 245 g/mol. The fourth-order valence-electron chi connectivity index (χ4n) is 1.52. The van der Waals surface area contributed by atoms with Gasteiger partial charge in [0.05, 0.1) is 24.5 Å². The van der Waals surface area contributed by atoms with Crippen LogP contribution in [0.2, 0.25) is 0 Å². The number of hydrogen-bond acceptors (Lipinski definition) is 5. The van der Waals surface area contributed by atoms with Crippen LogP contribution in [0.25, 0.3) is 11.3 Å². The van der Waals surface area contributed by atoms with Crippen molar-refractivity contribution in [2.75, 3.05) is 7.11 Å². The molecule has 2 aromatic rings. The van der Waals surface area contributed by atoms with Crippen LogP contribution in [0.15, 0.2) is 30.5 Å². The van der Waals surface area contributed by atoms with Gasteiger partial charge in [0.25, 0.3) is 0 Å². The number of ether oxygens (including phenoxy) is 2. The minimum absolute atomic E-state index is 0.0816. The predicted octanol–water partition coefficient (Wildman–Crippen LogP) is 2.33. The smallest absolute Gasteiger partial charge is 0.233 e. The molecule has 0 N–H and O–H groups in total. The first-order valence-electron chi connectivity index (χ1n) is 5.70. The van der Waals surface area contributed by atoms with Gasteiger partial charge >= 0.3 is 0 Å². The van der Waals surface area contributed by atoms with E-state index in [9.17, 15) is 0 Å². The van der Waals surface area contributed by atoms with Crippen LogP contribution in [-0.4, -0.2) is 28.4 Å². The van der Waals surface area contributed by atoms with Crippen LogP contribution in [0.1, 0.15) is 13.8 Å². The van der Waals surface area contributed by atoms with E-state index < -0.39 is 0 Å². The van der Waals surface area contributed by atoms with Crippen LogP contribution in [-0.2, 0) is 0 Å². The maximum atomic E-state index is 5.44. The summed E-state index contributed by atoms with van der Waals surface area (Å²) in [6.07, 6.45) is 1.75. The Labute approximate surface area is 106 Å². The molecule has 0 aliphatic heterocycles. The molecule has 0 aromatic carbocycles. The Morgan fingerprint density at radius 2 is 1.94 bits per heavy atom. The van der Waals surface area contributed by atoms with Crippen molar-refractivity contribution in [2.45, 2.75) is 20.0 Å². The Morgan fingerprint density at radius 1 is 1.11 bits per heavy atom. The lowest BCUT2D eigenvalue weighted by atomic mass is 10.2. The Kier molecular flexibility index (Phi) is 3.72. The first-order chi connectivity index (χ1) is 8.70. The van der Waals surface area contributed by atoms with Crippen molar-refractivity contribution >= 4 is 0 Å². The van der Waals surface area contributed by atoms with E-state index >= 15 is 0 Å². The van der Waals surface area contributed by atoms with Gasteiger partial charge in [-0.3, -0.25) is 0 Å². The van der Waals surface area contributed by atoms with Gasteiger partial charge in [-0.1, -0.05) is 0 Å². The van der Waals surface area contributed by atoms with E-state index in [2.05, 4.69) is 15.2 Å². The third-order valence-corrected chi connectivity index (χ3v) is 2.24. The molecule has 0 saturated heterocycles. The Morgan fingerprint density at radius 3 is 2.56 bits per heavy atom. The third kappa shape index (κ3) is 2.74. The van der Waals surface area contributed by atoms with E-state index in [-0.39, 0.29) is 6.10 Å². The molecule has 0 amide bonds. The highest BCUT2D eigenvalue weighted by Gasteiger charge is 2.08.